The topological polar surface area (TPSA) is 86.8 Å². The number of benzene rings is 3. The maximum Gasteiger partial charge on any atom is 0.244 e. The molecule has 208 valence electrons. The summed E-state index contributed by atoms with van der Waals surface area (Å²) in [5.74, 6) is -0.785. The Balaban J connectivity index is 2.07. The van der Waals surface area contributed by atoms with Crippen LogP contribution in [0.15, 0.2) is 78.9 Å². The Morgan fingerprint density at radius 1 is 0.974 bits per heavy atom. The lowest BCUT2D eigenvalue weighted by molar-refractivity contribution is -0.140. The molecule has 39 heavy (non-hydrogen) atoms. The zero-order valence-electron chi connectivity index (χ0n) is 22.8. The number of hydrogen-bond donors (Lipinski definition) is 1. The molecule has 3 aromatic carbocycles. The average Bonchev–Trinajstić information content (AvgIpc) is 2.89. The highest BCUT2D eigenvalue weighted by Gasteiger charge is 2.33. The quantitative estimate of drug-likeness (QED) is 0.334. The van der Waals surface area contributed by atoms with Gasteiger partial charge in [-0.2, -0.15) is 0 Å². The molecule has 0 fully saturated rings. The second kappa shape index (κ2) is 13.6. The van der Waals surface area contributed by atoms with Gasteiger partial charge >= 0.3 is 0 Å². The van der Waals surface area contributed by atoms with Gasteiger partial charge in [-0.05, 0) is 55.2 Å². The lowest BCUT2D eigenvalue weighted by Gasteiger charge is -2.34. The fourth-order valence-corrected chi connectivity index (χ4v) is 5.24. The van der Waals surface area contributed by atoms with Crippen LogP contribution in [-0.2, 0) is 32.6 Å². The maximum atomic E-state index is 14.1. The van der Waals surface area contributed by atoms with Crippen molar-refractivity contribution in [2.24, 2.45) is 0 Å². The molecule has 0 unspecified atom stereocenters. The largest absolute Gasteiger partial charge is 0.352 e. The van der Waals surface area contributed by atoms with E-state index in [2.05, 4.69) is 5.32 Å². The minimum atomic E-state index is -3.85. The highest BCUT2D eigenvalue weighted by atomic mass is 35.5. The normalized spacial score (nSPS) is 12.8. The second-order valence-electron chi connectivity index (χ2n) is 9.72. The SMILES string of the molecule is CC[C@@H](C)NC(=O)[C@@H](Cc1ccccc1)N(Cc1ccccc1C)C(=O)CN(c1cccc(Cl)c1)S(C)(=O)=O. The Morgan fingerprint density at radius 3 is 2.26 bits per heavy atom. The molecule has 3 rings (SSSR count). The summed E-state index contributed by atoms with van der Waals surface area (Å²) in [5.41, 5.74) is 3.00. The van der Waals surface area contributed by atoms with E-state index in [1.807, 2.05) is 75.4 Å². The fraction of sp³-hybridized carbons (Fsp3) is 0.333. The minimum Gasteiger partial charge on any atom is -0.352 e. The van der Waals surface area contributed by atoms with E-state index in [9.17, 15) is 18.0 Å². The van der Waals surface area contributed by atoms with Gasteiger partial charge in [0.1, 0.15) is 12.6 Å². The first-order valence-corrected chi connectivity index (χ1v) is 15.1. The van der Waals surface area contributed by atoms with Gasteiger partial charge in [0.05, 0.1) is 11.9 Å². The summed E-state index contributed by atoms with van der Waals surface area (Å²) >= 11 is 6.14. The predicted octanol–water partition coefficient (Wildman–Crippen LogP) is 4.97. The van der Waals surface area contributed by atoms with Crippen LogP contribution in [0.3, 0.4) is 0 Å². The molecule has 0 radical (unpaired) electrons. The Morgan fingerprint density at radius 2 is 1.64 bits per heavy atom. The van der Waals surface area contributed by atoms with E-state index in [0.717, 1.165) is 33.7 Å². The average molecular weight is 570 g/mol. The van der Waals surface area contributed by atoms with Crippen molar-refractivity contribution >= 4 is 39.1 Å². The van der Waals surface area contributed by atoms with Crippen LogP contribution in [0, 0.1) is 6.92 Å². The Kier molecular flexibility index (Phi) is 10.5. The van der Waals surface area contributed by atoms with Gasteiger partial charge in [0, 0.05) is 24.0 Å². The number of aryl methyl sites for hydroxylation is 1. The number of amides is 2. The van der Waals surface area contributed by atoms with Gasteiger partial charge in [-0.1, -0.05) is 79.2 Å². The van der Waals surface area contributed by atoms with E-state index in [-0.39, 0.29) is 30.6 Å². The summed E-state index contributed by atoms with van der Waals surface area (Å²) in [6.45, 7) is 5.49. The molecule has 0 spiro atoms. The van der Waals surface area contributed by atoms with Gasteiger partial charge in [0.25, 0.3) is 0 Å². The zero-order valence-corrected chi connectivity index (χ0v) is 24.4. The first-order valence-electron chi connectivity index (χ1n) is 12.9. The van der Waals surface area contributed by atoms with Gasteiger partial charge in [0.2, 0.25) is 21.8 Å². The highest BCUT2D eigenvalue weighted by molar-refractivity contribution is 7.92. The Labute approximate surface area is 236 Å². The number of rotatable bonds is 12. The van der Waals surface area contributed by atoms with Crippen LogP contribution in [0.5, 0.6) is 0 Å². The third kappa shape index (κ3) is 8.57. The van der Waals surface area contributed by atoms with Crippen molar-refractivity contribution in [1.82, 2.24) is 10.2 Å². The number of nitrogens with one attached hydrogen (secondary N) is 1. The number of anilines is 1. The minimum absolute atomic E-state index is 0.0924. The molecular formula is C30H36ClN3O4S. The molecule has 2 amide bonds. The third-order valence-corrected chi connectivity index (χ3v) is 8.03. The van der Waals surface area contributed by atoms with Crippen molar-refractivity contribution < 1.29 is 18.0 Å². The molecule has 3 aromatic rings. The summed E-state index contributed by atoms with van der Waals surface area (Å²) < 4.78 is 26.7. The van der Waals surface area contributed by atoms with E-state index in [1.165, 1.54) is 11.0 Å². The molecule has 0 saturated carbocycles. The molecule has 0 aliphatic rings. The van der Waals surface area contributed by atoms with E-state index in [0.29, 0.717) is 5.02 Å². The van der Waals surface area contributed by atoms with E-state index in [4.69, 9.17) is 11.6 Å². The number of hydrogen-bond acceptors (Lipinski definition) is 4. The van der Waals surface area contributed by atoms with E-state index >= 15 is 0 Å². The monoisotopic (exact) mass is 569 g/mol. The van der Waals surface area contributed by atoms with Gasteiger partial charge in [0.15, 0.2) is 0 Å². The van der Waals surface area contributed by atoms with Crippen molar-refractivity contribution in [1.29, 1.82) is 0 Å². The lowest BCUT2D eigenvalue weighted by atomic mass is 10.0. The number of nitrogens with zero attached hydrogens (tertiary/aromatic N) is 2. The fourth-order valence-electron chi connectivity index (χ4n) is 4.21. The summed E-state index contributed by atoms with van der Waals surface area (Å²) in [6.07, 6.45) is 2.05. The number of halogens is 1. The van der Waals surface area contributed by atoms with Crippen LogP contribution >= 0.6 is 11.6 Å². The first kappa shape index (κ1) is 30.2. The smallest absolute Gasteiger partial charge is 0.244 e. The number of carbonyl (C=O) groups is 2. The summed E-state index contributed by atoms with van der Waals surface area (Å²) in [7, 11) is -3.85. The Bertz CT molecular complexity index is 1380. The molecule has 0 aromatic heterocycles. The Hall–Kier alpha value is -3.36. The molecule has 7 nitrogen and oxygen atoms in total. The summed E-state index contributed by atoms with van der Waals surface area (Å²) in [5, 5.41) is 3.37. The van der Waals surface area contributed by atoms with Crippen molar-refractivity contribution in [2.45, 2.75) is 52.2 Å². The number of carbonyl (C=O) groups excluding carboxylic acids is 2. The molecule has 0 saturated heterocycles. The van der Waals surface area contributed by atoms with E-state index < -0.39 is 28.5 Å². The van der Waals surface area contributed by atoms with Crippen LogP contribution in [-0.4, -0.2) is 50.0 Å². The lowest BCUT2D eigenvalue weighted by Crippen LogP contribution is -2.54. The van der Waals surface area contributed by atoms with Crippen LogP contribution in [0.4, 0.5) is 5.69 Å². The summed E-state index contributed by atoms with van der Waals surface area (Å²) in [4.78, 5) is 29.2. The standard InChI is InChI=1S/C30H36ClN3O4S/c1-5-23(3)32-30(36)28(18-24-13-7-6-8-14-24)33(20-25-15-10-9-12-22(25)2)29(35)21-34(39(4,37)38)27-17-11-16-26(31)19-27/h6-17,19,23,28H,5,18,20-21H2,1-4H3,(H,32,36)/t23-,28-/m1/s1. The van der Waals surface area contributed by atoms with Crippen molar-refractivity contribution in [3.8, 4) is 0 Å². The first-order chi connectivity index (χ1) is 18.5. The van der Waals surface area contributed by atoms with E-state index in [1.54, 1.807) is 18.2 Å². The second-order valence-corrected chi connectivity index (χ2v) is 12.1. The third-order valence-electron chi connectivity index (χ3n) is 6.65. The molecule has 0 aliphatic carbocycles. The van der Waals surface area contributed by atoms with Crippen LogP contribution in [0.2, 0.25) is 5.02 Å². The number of sulfonamides is 1. The molecule has 0 bridgehead atoms. The molecular weight excluding hydrogens is 534 g/mol. The van der Waals surface area contributed by atoms with Crippen molar-refractivity contribution in [3.63, 3.8) is 0 Å². The van der Waals surface area contributed by atoms with Crippen LogP contribution < -0.4 is 9.62 Å². The van der Waals surface area contributed by atoms with Crippen molar-refractivity contribution in [3.05, 3.63) is 101 Å². The predicted molar refractivity (Wildman–Crippen MR) is 157 cm³/mol. The maximum absolute atomic E-state index is 14.1. The van der Waals surface area contributed by atoms with Crippen LogP contribution in [0.1, 0.15) is 37.0 Å². The zero-order chi connectivity index (χ0) is 28.6. The molecule has 0 heterocycles. The van der Waals surface area contributed by atoms with Gasteiger partial charge in [-0.3, -0.25) is 13.9 Å². The highest BCUT2D eigenvalue weighted by Crippen LogP contribution is 2.23. The van der Waals surface area contributed by atoms with Crippen LogP contribution in [0.25, 0.3) is 0 Å². The molecule has 1 N–H and O–H groups in total. The van der Waals surface area contributed by atoms with Gasteiger partial charge in [-0.15, -0.1) is 0 Å². The van der Waals surface area contributed by atoms with Gasteiger partial charge < -0.3 is 10.2 Å². The van der Waals surface area contributed by atoms with Gasteiger partial charge in [-0.25, -0.2) is 8.42 Å². The molecule has 0 aliphatic heterocycles. The summed E-state index contributed by atoms with van der Waals surface area (Å²) in [6, 6.07) is 22.5. The molecule has 2 atom stereocenters. The molecule has 9 heteroatoms. The van der Waals surface area contributed by atoms with Crippen molar-refractivity contribution in [2.75, 3.05) is 17.1 Å².